The molecule has 2 aromatic carbocycles. The molecule has 29 heavy (non-hydrogen) atoms. The van der Waals surface area contributed by atoms with E-state index in [-0.39, 0.29) is 0 Å². The lowest BCUT2D eigenvalue weighted by Gasteiger charge is -2.19. The molecule has 0 unspecified atom stereocenters. The lowest BCUT2D eigenvalue weighted by atomic mass is 10.1. The van der Waals surface area contributed by atoms with Crippen molar-refractivity contribution in [3.8, 4) is 16.9 Å². The quantitative estimate of drug-likeness (QED) is 0.455. The highest BCUT2D eigenvalue weighted by Gasteiger charge is 2.11. The molecular formula is C23H21N5S. The van der Waals surface area contributed by atoms with Gasteiger partial charge in [-0.15, -0.1) is 11.3 Å². The Hall–Kier alpha value is -3.38. The summed E-state index contributed by atoms with van der Waals surface area (Å²) in [6.45, 7) is 4.07. The molecule has 4 aromatic rings. The van der Waals surface area contributed by atoms with Crippen LogP contribution in [0, 0.1) is 6.92 Å². The van der Waals surface area contributed by atoms with Gasteiger partial charge >= 0.3 is 0 Å². The minimum Gasteiger partial charge on any atom is -0.364 e. The third-order valence-corrected chi connectivity index (χ3v) is 5.87. The summed E-state index contributed by atoms with van der Waals surface area (Å²) in [5.74, 6) is 0. The highest BCUT2D eigenvalue weighted by Crippen LogP contribution is 2.31. The molecule has 5 nitrogen and oxygen atoms in total. The van der Waals surface area contributed by atoms with Crippen LogP contribution in [0.2, 0.25) is 0 Å². The zero-order chi connectivity index (χ0) is 19.6. The molecule has 0 fully saturated rings. The number of hydrogen-bond acceptors (Lipinski definition) is 5. The molecule has 2 aromatic heterocycles. The molecule has 1 N–H and O–H groups in total. The SMILES string of the molecule is Cc1ccc(N2CC=CC2)cc1Nc1nc(-c2ccc(-n3ccnc3)cc2)cs1. The largest absolute Gasteiger partial charge is 0.364 e. The number of anilines is 3. The molecule has 0 spiro atoms. The second-order valence-corrected chi connectivity index (χ2v) is 7.91. The molecule has 5 rings (SSSR count). The van der Waals surface area contributed by atoms with Crippen LogP contribution in [0.5, 0.6) is 0 Å². The maximum Gasteiger partial charge on any atom is 0.187 e. The average Bonchev–Trinajstić information content (AvgIpc) is 3.52. The van der Waals surface area contributed by atoms with Crippen LogP contribution in [-0.2, 0) is 0 Å². The normalized spacial score (nSPS) is 13.2. The summed E-state index contributed by atoms with van der Waals surface area (Å²) >= 11 is 1.62. The maximum atomic E-state index is 4.80. The van der Waals surface area contributed by atoms with E-state index in [9.17, 15) is 0 Å². The van der Waals surface area contributed by atoms with Gasteiger partial charge < -0.3 is 14.8 Å². The fourth-order valence-electron chi connectivity index (χ4n) is 3.43. The third-order valence-electron chi connectivity index (χ3n) is 5.12. The Morgan fingerprint density at radius 3 is 2.55 bits per heavy atom. The molecule has 0 amide bonds. The van der Waals surface area contributed by atoms with E-state index >= 15 is 0 Å². The van der Waals surface area contributed by atoms with Crippen molar-refractivity contribution in [2.45, 2.75) is 6.92 Å². The van der Waals surface area contributed by atoms with Crippen LogP contribution in [0.3, 0.4) is 0 Å². The van der Waals surface area contributed by atoms with Gasteiger partial charge in [0.15, 0.2) is 5.13 Å². The molecule has 0 atom stereocenters. The Bertz CT molecular complexity index is 1130. The van der Waals surface area contributed by atoms with Crippen LogP contribution in [0.15, 0.2) is 78.7 Å². The van der Waals surface area contributed by atoms with E-state index in [1.807, 2.05) is 10.8 Å². The van der Waals surface area contributed by atoms with Gasteiger partial charge in [-0.3, -0.25) is 0 Å². The van der Waals surface area contributed by atoms with Crippen molar-refractivity contribution in [1.29, 1.82) is 0 Å². The van der Waals surface area contributed by atoms with Crippen LogP contribution in [0.1, 0.15) is 5.56 Å². The number of aryl methyl sites for hydroxylation is 1. The van der Waals surface area contributed by atoms with E-state index in [1.54, 1.807) is 23.9 Å². The second kappa shape index (κ2) is 7.56. The van der Waals surface area contributed by atoms with E-state index in [0.717, 1.165) is 40.9 Å². The molecule has 144 valence electrons. The molecule has 0 radical (unpaired) electrons. The van der Waals surface area contributed by atoms with Crippen molar-refractivity contribution < 1.29 is 0 Å². The molecular weight excluding hydrogens is 378 g/mol. The number of benzene rings is 2. The molecule has 0 saturated heterocycles. The van der Waals surface area contributed by atoms with Crippen LogP contribution in [0.25, 0.3) is 16.9 Å². The zero-order valence-corrected chi connectivity index (χ0v) is 16.9. The Kier molecular flexibility index (Phi) is 4.62. The summed E-state index contributed by atoms with van der Waals surface area (Å²) in [6.07, 6.45) is 9.93. The Labute approximate surface area is 174 Å². The molecule has 3 heterocycles. The van der Waals surface area contributed by atoms with Gasteiger partial charge in [0, 0.05) is 53.5 Å². The molecule has 1 aliphatic rings. The summed E-state index contributed by atoms with van der Waals surface area (Å²) in [6, 6.07) is 14.9. The number of hydrogen-bond donors (Lipinski definition) is 1. The van der Waals surface area contributed by atoms with Crippen LogP contribution in [-0.4, -0.2) is 27.6 Å². The van der Waals surface area contributed by atoms with Crippen molar-refractivity contribution in [2.24, 2.45) is 0 Å². The minimum atomic E-state index is 0.901. The number of thiazole rings is 1. The van der Waals surface area contributed by atoms with E-state index < -0.39 is 0 Å². The van der Waals surface area contributed by atoms with Gasteiger partial charge in [-0.2, -0.15) is 0 Å². The topological polar surface area (TPSA) is 46.0 Å². The molecule has 0 bridgehead atoms. The number of aromatic nitrogens is 3. The van der Waals surface area contributed by atoms with Gasteiger partial charge in [-0.05, 0) is 36.8 Å². The van der Waals surface area contributed by atoms with Gasteiger partial charge in [0.25, 0.3) is 0 Å². The third kappa shape index (κ3) is 3.67. The smallest absolute Gasteiger partial charge is 0.187 e. The first-order valence-corrected chi connectivity index (χ1v) is 10.5. The summed E-state index contributed by atoms with van der Waals surface area (Å²) in [5.41, 5.74) is 6.71. The summed E-state index contributed by atoms with van der Waals surface area (Å²) < 4.78 is 1.99. The fraction of sp³-hybridized carbons (Fsp3) is 0.130. The highest BCUT2D eigenvalue weighted by atomic mass is 32.1. The first-order chi connectivity index (χ1) is 14.3. The monoisotopic (exact) mass is 399 g/mol. The summed E-state index contributed by atoms with van der Waals surface area (Å²) in [4.78, 5) is 11.2. The Morgan fingerprint density at radius 1 is 1.00 bits per heavy atom. The molecule has 6 heteroatoms. The van der Waals surface area contributed by atoms with Crippen molar-refractivity contribution in [3.05, 3.63) is 84.3 Å². The first kappa shape index (κ1) is 17.7. The molecule has 0 saturated carbocycles. The second-order valence-electron chi connectivity index (χ2n) is 7.06. The van der Waals surface area contributed by atoms with Crippen molar-refractivity contribution in [3.63, 3.8) is 0 Å². The zero-order valence-electron chi connectivity index (χ0n) is 16.1. The van der Waals surface area contributed by atoms with Crippen molar-refractivity contribution >= 4 is 27.8 Å². The van der Waals surface area contributed by atoms with Gasteiger partial charge in [-0.25, -0.2) is 9.97 Å². The number of rotatable bonds is 5. The number of imidazole rings is 1. The van der Waals surface area contributed by atoms with E-state index in [4.69, 9.17) is 4.98 Å². The predicted octanol–water partition coefficient (Wildman–Crippen LogP) is 5.42. The van der Waals surface area contributed by atoms with Gasteiger partial charge in [0.2, 0.25) is 0 Å². The number of nitrogens with one attached hydrogen (secondary N) is 1. The minimum absolute atomic E-state index is 0.901. The van der Waals surface area contributed by atoms with Gasteiger partial charge in [0.05, 0.1) is 12.0 Å². The lowest BCUT2D eigenvalue weighted by Crippen LogP contribution is -2.18. The van der Waals surface area contributed by atoms with Crippen molar-refractivity contribution in [1.82, 2.24) is 14.5 Å². The fourth-order valence-corrected chi connectivity index (χ4v) is 4.16. The standard InChI is InChI=1S/C23H21N5S/c1-17-4-7-20(27-11-2-3-12-27)14-21(17)25-23-26-22(15-29-23)18-5-8-19(9-6-18)28-13-10-24-16-28/h2-10,13-16H,11-12H2,1H3,(H,25,26). The van der Waals surface area contributed by atoms with Gasteiger partial charge in [0.1, 0.15) is 0 Å². The van der Waals surface area contributed by atoms with E-state index in [2.05, 4.69) is 82.1 Å². The molecule has 0 aliphatic carbocycles. The summed E-state index contributed by atoms with van der Waals surface area (Å²) in [5, 5.41) is 6.50. The summed E-state index contributed by atoms with van der Waals surface area (Å²) in [7, 11) is 0. The van der Waals surface area contributed by atoms with Crippen LogP contribution < -0.4 is 10.2 Å². The maximum absolute atomic E-state index is 4.80. The van der Waals surface area contributed by atoms with Gasteiger partial charge in [-0.1, -0.05) is 30.4 Å². The van der Waals surface area contributed by atoms with Crippen LogP contribution >= 0.6 is 11.3 Å². The highest BCUT2D eigenvalue weighted by molar-refractivity contribution is 7.14. The van der Waals surface area contributed by atoms with Crippen LogP contribution in [0.4, 0.5) is 16.5 Å². The predicted molar refractivity (Wildman–Crippen MR) is 120 cm³/mol. The Morgan fingerprint density at radius 2 is 1.79 bits per heavy atom. The van der Waals surface area contributed by atoms with Crippen molar-refractivity contribution in [2.75, 3.05) is 23.3 Å². The molecule has 1 aliphatic heterocycles. The Balaban J connectivity index is 1.35. The van der Waals surface area contributed by atoms with E-state index in [1.165, 1.54) is 11.3 Å². The van der Waals surface area contributed by atoms with E-state index in [0.29, 0.717) is 0 Å². The number of nitrogens with zero attached hydrogens (tertiary/aromatic N) is 4. The average molecular weight is 400 g/mol. The lowest BCUT2D eigenvalue weighted by molar-refractivity contribution is 1.01. The first-order valence-electron chi connectivity index (χ1n) is 9.58.